The van der Waals surface area contributed by atoms with E-state index in [-0.39, 0.29) is 11.4 Å². The van der Waals surface area contributed by atoms with Gasteiger partial charge in [0.2, 0.25) is 10.0 Å². The topological polar surface area (TPSA) is 58.6 Å². The van der Waals surface area contributed by atoms with Crippen LogP contribution in [-0.4, -0.2) is 28.6 Å². The van der Waals surface area contributed by atoms with Gasteiger partial charge in [0, 0.05) is 25.3 Å². The number of fused-ring (bicyclic) bond motifs is 1. The maximum atomic E-state index is 13.0. The Labute approximate surface area is 180 Å². The molecule has 1 N–H and O–H groups in total. The molecule has 0 amide bonds. The lowest BCUT2D eigenvalue weighted by Gasteiger charge is -2.32. The van der Waals surface area contributed by atoms with E-state index in [1.54, 1.807) is 6.07 Å². The molecule has 1 aliphatic heterocycles. The highest BCUT2D eigenvalue weighted by molar-refractivity contribution is 7.89. The molecule has 4 rings (SSSR count). The fourth-order valence-electron chi connectivity index (χ4n) is 4.61. The molecule has 2 aliphatic rings. The number of benzene rings is 2. The SMILES string of the molecule is COc1cc2c(cc1S(=O)(=O)NCc1ccc(N3CCC[C@H](C)C3)cc1)CCCC2. The molecule has 2 aromatic carbocycles. The minimum Gasteiger partial charge on any atom is -0.495 e. The van der Waals surface area contributed by atoms with Crippen molar-refractivity contribution in [3.63, 3.8) is 0 Å². The number of nitrogens with one attached hydrogen (secondary N) is 1. The van der Waals surface area contributed by atoms with Crippen LogP contribution in [0.5, 0.6) is 5.75 Å². The Morgan fingerprint density at radius 1 is 1.07 bits per heavy atom. The van der Waals surface area contributed by atoms with E-state index >= 15 is 0 Å². The van der Waals surface area contributed by atoms with Gasteiger partial charge >= 0.3 is 0 Å². The highest BCUT2D eigenvalue weighted by Gasteiger charge is 2.23. The summed E-state index contributed by atoms with van der Waals surface area (Å²) in [5.41, 5.74) is 4.50. The van der Waals surface area contributed by atoms with Crippen molar-refractivity contribution >= 4 is 15.7 Å². The maximum Gasteiger partial charge on any atom is 0.244 e. The molecule has 2 aromatic rings. The molecule has 1 aliphatic carbocycles. The summed E-state index contributed by atoms with van der Waals surface area (Å²) in [5.74, 6) is 1.15. The van der Waals surface area contributed by atoms with E-state index in [9.17, 15) is 8.42 Å². The third-order valence-corrected chi connectivity index (χ3v) is 7.76. The van der Waals surface area contributed by atoms with Gasteiger partial charge in [-0.25, -0.2) is 13.1 Å². The van der Waals surface area contributed by atoms with Crippen LogP contribution in [0.3, 0.4) is 0 Å². The number of piperidine rings is 1. The number of methoxy groups -OCH3 is 1. The summed E-state index contributed by atoms with van der Waals surface area (Å²) < 4.78 is 34.2. The van der Waals surface area contributed by atoms with Crippen molar-refractivity contribution in [2.24, 2.45) is 5.92 Å². The van der Waals surface area contributed by atoms with Gasteiger partial charge in [0.25, 0.3) is 0 Å². The Bertz CT molecular complexity index is 986. The molecule has 1 heterocycles. The molecule has 30 heavy (non-hydrogen) atoms. The number of sulfonamides is 1. The van der Waals surface area contributed by atoms with Crippen LogP contribution in [-0.2, 0) is 29.4 Å². The lowest BCUT2D eigenvalue weighted by Crippen LogP contribution is -2.34. The van der Waals surface area contributed by atoms with Gasteiger partial charge < -0.3 is 9.64 Å². The predicted molar refractivity (Wildman–Crippen MR) is 121 cm³/mol. The van der Waals surface area contributed by atoms with Crippen molar-refractivity contribution in [3.05, 3.63) is 53.1 Å². The molecule has 0 aromatic heterocycles. The average molecular weight is 429 g/mol. The molecule has 0 bridgehead atoms. The number of anilines is 1. The molecule has 0 radical (unpaired) electrons. The van der Waals surface area contributed by atoms with Gasteiger partial charge in [-0.2, -0.15) is 0 Å². The van der Waals surface area contributed by atoms with Crippen LogP contribution in [0.15, 0.2) is 41.3 Å². The van der Waals surface area contributed by atoms with Gasteiger partial charge in [0.1, 0.15) is 10.6 Å². The van der Waals surface area contributed by atoms with Gasteiger partial charge in [0.15, 0.2) is 0 Å². The van der Waals surface area contributed by atoms with Crippen molar-refractivity contribution in [2.75, 3.05) is 25.1 Å². The van der Waals surface area contributed by atoms with E-state index in [2.05, 4.69) is 28.7 Å². The van der Waals surface area contributed by atoms with Gasteiger partial charge in [-0.05, 0) is 85.4 Å². The minimum absolute atomic E-state index is 0.240. The number of nitrogens with zero attached hydrogens (tertiary/aromatic N) is 1. The van der Waals surface area contributed by atoms with Gasteiger partial charge in [-0.3, -0.25) is 0 Å². The maximum absolute atomic E-state index is 13.0. The first kappa shape index (κ1) is 21.2. The molecule has 5 nitrogen and oxygen atoms in total. The Hall–Kier alpha value is -2.05. The fourth-order valence-corrected chi connectivity index (χ4v) is 5.83. The molecule has 0 saturated carbocycles. The number of ether oxygens (including phenoxy) is 1. The standard InChI is InChI=1S/C24H32N2O3S/c1-18-6-5-13-26(17-18)22-11-9-19(10-12-22)16-25-30(27,28)24-15-21-8-4-3-7-20(21)14-23(24)29-2/h9-12,14-15,18,25H,3-8,13,16-17H2,1-2H3/t18-/m0/s1. The summed E-state index contributed by atoms with van der Waals surface area (Å²) in [6.07, 6.45) is 6.69. The molecule has 1 fully saturated rings. The first-order chi connectivity index (χ1) is 14.5. The Morgan fingerprint density at radius 3 is 2.43 bits per heavy atom. The molecule has 1 saturated heterocycles. The monoisotopic (exact) mass is 428 g/mol. The molecule has 162 valence electrons. The van der Waals surface area contributed by atoms with Crippen molar-refractivity contribution in [1.82, 2.24) is 4.72 Å². The lowest BCUT2D eigenvalue weighted by atomic mass is 9.92. The number of hydrogen-bond donors (Lipinski definition) is 1. The van der Waals surface area contributed by atoms with E-state index in [1.165, 1.54) is 31.2 Å². The summed E-state index contributed by atoms with van der Waals surface area (Å²) in [6.45, 7) is 4.74. The van der Waals surface area contributed by atoms with Crippen LogP contribution in [0.2, 0.25) is 0 Å². The van der Waals surface area contributed by atoms with Gasteiger partial charge in [-0.1, -0.05) is 19.1 Å². The second-order valence-corrected chi connectivity index (χ2v) is 10.4. The van der Waals surface area contributed by atoms with E-state index in [1.807, 2.05) is 18.2 Å². The molecule has 1 atom stereocenters. The molecule has 6 heteroatoms. The second kappa shape index (κ2) is 8.98. The minimum atomic E-state index is -3.66. The third-order valence-electron chi connectivity index (χ3n) is 6.34. The largest absolute Gasteiger partial charge is 0.495 e. The van der Waals surface area contributed by atoms with Gasteiger partial charge in [0.05, 0.1) is 7.11 Å². The number of rotatable bonds is 6. The van der Waals surface area contributed by atoms with E-state index < -0.39 is 10.0 Å². The lowest BCUT2D eigenvalue weighted by molar-refractivity contribution is 0.401. The first-order valence-electron chi connectivity index (χ1n) is 11.0. The zero-order valence-corrected chi connectivity index (χ0v) is 18.8. The van der Waals surface area contributed by atoms with Crippen LogP contribution in [0.1, 0.15) is 49.3 Å². The molecule has 0 spiro atoms. The van der Waals surface area contributed by atoms with Crippen LogP contribution in [0.4, 0.5) is 5.69 Å². The van der Waals surface area contributed by atoms with Crippen molar-refractivity contribution in [1.29, 1.82) is 0 Å². The summed E-state index contributed by atoms with van der Waals surface area (Å²) >= 11 is 0. The van der Waals surface area contributed by atoms with Crippen molar-refractivity contribution < 1.29 is 13.2 Å². The average Bonchev–Trinajstić information content (AvgIpc) is 2.77. The Morgan fingerprint density at radius 2 is 1.77 bits per heavy atom. The Balaban J connectivity index is 1.46. The zero-order valence-electron chi connectivity index (χ0n) is 18.0. The van der Waals surface area contributed by atoms with Crippen LogP contribution >= 0.6 is 0 Å². The predicted octanol–water partition coefficient (Wildman–Crippen LogP) is 4.29. The normalized spacial score (nSPS) is 19.4. The van der Waals surface area contributed by atoms with Gasteiger partial charge in [-0.15, -0.1) is 0 Å². The zero-order chi connectivity index (χ0) is 21.1. The van der Waals surface area contributed by atoms with Crippen LogP contribution in [0.25, 0.3) is 0 Å². The fraction of sp³-hybridized carbons (Fsp3) is 0.500. The third kappa shape index (κ3) is 4.65. The molecular formula is C24H32N2O3S. The van der Waals surface area contributed by atoms with E-state index in [4.69, 9.17) is 4.74 Å². The Kier molecular flexibility index (Phi) is 6.34. The summed E-state index contributed by atoms with van der Waals surface area (Å²) in [7, 11) is -2.13. The highest BCUT2D eigenvalue weighted by Crippen LogP contribution is 2.32. The highest BCUT2D eigenvalue weighted by atomic mass is 32.2. The van der Waals surface area contributed by atoms with Crippen molar-refractivity contribution in [3.8, 4) is 5.75 Å². The summed E-state index contributed by atoms with van der Waals surface area (Å²) in [6, 6.07) is 11.9. The van der Waals surface area contributed by atoms with Crippen LogP contribution in [0, 0.1) is 5.92 Å². The number of hydrogen-bond acceptors (Lipinski definition) is 4. The quantitative estimate of drug-likeness (QED) is 0.746. The summed E-state index contributed by atoms with van der Waals surface area (Å²) in [4.78, 5) is 2.66. The molecular weight excluding hydrogens is 396 g/mol. The van der Waals surface area contributed by atoms with E-state index in [0.717, 1.165) is 55.8 Å². The van der Waals surface area contributed by atoms with Crippen LogP contribution < -0.4 is 14.4 Å². The first-order valence-corrected chi connectivity index (χ1v) is 12.5. The smallest absolute Gasteiger partial charge is 0.244 e. The van der Waals surface area contributed by atoms with Crippen molar-refractivity contribution in [2.45, 2.75) is 56.9 Å². The summed E-state index contributed by atoms with van der Waals surface area (Å²) in [5, 5.41) is 0. The van der Waals surface area contributed by atoms with E-state index in [0.29, 0.717) is 5.75 Å². The second-order valence-electron chi connectivity index (χ2n) is 8.66. The molecule has 0 unspecified atom stereocenters. The number of aryl methyl sites for hydroxylation is 2.